The minimum Gasteiger partial charge on any atom is -0.494 e. The highest BCUT2D eigenvalue weighted by Gasteiger charge is 2.30. The van der Waals surface area contributed by atoms with E-state index in [1.165, 1.54) is 0 Å². The molecule has 0 radical (unpaired) electrons. The molecule has 3 nitrogen and oxygen atoms in total. The second-order valence-electron chi connectivity index (χ2n) is 4.37. The van der Waals surface area contributed by atoms with Gasteiger partial charge in [0.1, 0.15) is 17.8 Å². The first-order valence-electron chi connectivity index (χ1n) is 5.69. The number of hydrogen-bond acceptors (Lipinski definition) is 3. The van der Waals surface area contributed by atoms with E-state index in [-0.39, 0.29) is 18.2 Å². The lowest BCUT2D eigenvalue weighted by Crippen LogP contribution is -2.31. The molecule has 0 aromatic rings. The highest BCUT2D eigenvalue weighted by atomic mass is 35.5. The maximum atomic E-state index is 11.9. The van der Waals surface area contributed by atoms with Crippen LogP contribution < -0.4 is 0 Å². The monoisotopic (exact) mass is 254 g/mol. The van der Waals surface area contributed by atoms with Gasteiger partial charge in [0.25, 0.3) is 0 Å². The lowest BCUT2D eigenvalue weighted by Gasteiger charge is -2.28. The number of halogens is 1. The zero-order chi connectivity index (χ0) is 12.4. The van der Waals surface area contributed by atoms with E-state index in [1.54, 1.807) is 24.3 Å². The Morgan fingerprint density at radius 2 is 2.00 bits per heavy atom. The van der Waals surface area contributed by atoms with Gasteiger partial charge < -0.3 is 9.47 Å². The number of esters is 1. The molecule has 0 bridgehead atoms. The van der Waals surface area contributed by atoms with Gasteiger partial charge in [0.2, 0.25) is 0 Å². The van der Waals surface area contributed by atoms with Gasteiger partial charge in [-0.25, -0.2) is 0 Å². The summed E-state index contributed by atoms with van der Waals surface area (Å²) in [7, 11) is 0. The third-order valence-electron chi connectivity index (χ3n) is 2.72. The molecule has 3 atom stereocenters. The predicted molar refractivity (Wildman–Crippen MR) is 65.4 cm³/mol. The highest BCUT2D eigenvalue weighted by molar-refractivity contribution is 6.31. The molecule has 0 unspecified atom stereocenters. The number of cyclic esters (lactones) is 1. The third kappa shape index (κ3) is 2.91. The van der Waals surface area contributed by atoms with Gasteiger partial charge in [0.05, 0.1) is 6.10 Å². The normalized spacial score (nSPS) is 33.1. The van der Waals surface area contributed by atoms with Crippen LogP contribution in [0.2, 0.25) is 0 Å². The van der Waals surface area contributed by atoms with Crippen molar-refractivity contribution in [1.82, 2.24) is 0 Å². The quantitative estimate of drug-likeness (QED) is 0.624. The van der Waals surface area contributed by atoms with Crippen molar-refractivity contribution in [3.05, 3.63) is 35.1 Å². The fourth-order valence-electron chi connectivity index (χ4n) is 2.00. The Kier molecular flexibility index (Phi) is 3.57. The molecule has 1 saturated heterocycles. The van der Waals surface area contributed by atoms with Crippen molar-refractivity contribution in [2.45, 2.75) is 32.5 Å². The predicted octanol–water partition coefficient (Wildman–Crippen LogP) is 2.92. The lowest BCUT2D eigenvalue weighted by molar-refractivity contribution is -0.155. The van der Waals surface area contributed by atoms with Gasteiger partial charge in [-0.2, -0.15) is 0 Å². The largest absolute Gasteiger partial charge is 0.494 e. The van der Waals surface area contributed by atoms with Crippen LogP contribution in [0.5, 0.6) is 0 Å². The maximum Gasteiger partial charge on any atom is 0.320 e. The Balaban J connectivity index is 2.31. The summed E-state index contributed by atoms with van der Waals surface area (Å²) in [5.41, 5.74) is 0. The molecular weight excluding hydrogens is 240 g/mol. The van der Waals surface area contributed by atoms with E-state index in [0.29, 0.717) is 17.2 Å². The minimum absolute atomic E-state index is 0.00261. The van der Waals surface area contributed by atoms with E-state index in [4.69, 9.17) is 21.1 Å². The second-order valence-corrected chi connectivity index (χ2v) is 4.81. The first-order chi connectivity index (χ1) is 8.06. The van der Waals surface area contributed by atoms with Crippen LogP contribution in [0.4, 0.5) is 0 Å². The van der Waals surface area contributed by atoms with Gasteiger partial charge in [-0.1, -0.05) is 23.8 Å². The van der Waals surface area contributed by atoms with Crippen LogP contribution in [-0.4, -0.2) is 18.2 Å². The van der Waals surface area contributed by atoms with Crippen molar-refractivity contribution >= 4 is 17.6 Å². The van der Waals surface area contributed by atoms with Crippen LogP contribution >= 0.6 is 11.6 Å². The fraction of sp³-hybridized carbons (Fsp3) is 0.462. The number of ether oxygens (including phenoxy) is 2. The summed E-state index contributed by atoms with van der Waals surface area (Å²) >= 11 is 5.96. The van der Waals surface area contributed by atoms with Crippen LogP contribution in [0, 0.1) is 5.92 Å². The number of allylic oxidation sites excluding steroid dienone is 4. The van der Waals surface area contributed by atoms with E-state index >= 15 is 0 Å². The zero-order valence-electron chi connectivity index (χ0n) is 9.85. The summed E-state index contributed by atoms with van der Waals surface area (Å²) in [6.45, 7) is 3.83. The molecule has 0 N–H and O–H groups in total. The standard InChI is InChI=1S/C13H15ClO3/c1-8-6-9(2)17-13(15)11-5-3-4-10(14)7-12(11)16-8/h3-5,7-9,11H,6H2,1-2H3/t8-,9+,11-/m0/s1. The average Bonchev–Trinajstić information content (AvgIpc) is 2.37. The molecule has 0 aromatic heterocycles. The molecule has 0 saturated carbocycles. The Bertz CT molecular complexity index is 409. The van der Waals surface area contributed by atoms with E-state index < -0.39 is 5.92 Å². The summed E-state index contributed by atoms with van der Waals surface area (Å²) in [4.78, 5) is 11.9. The van der Waals surface area contributed by atoms with Gasteiger partial charge >= 0.3 is 5.97 Å². The topological polar surface area (TPSA) is 35.5 Å². The summed E-state index contributed by atoms with van der Waals surface area (Å²) in [6, 6.07) is 0. The Morgan fingerprint density at radius 3 is 2.76 bits per heavy atom. The molecular formula is C13H15ClO3. The summed E-state index contributed by atoms with van der Waals surface area (Å²) in [5.74, 6) is -0.219. The molecule has 92 valence electrons. The van der Waals surface area contributed by atoms with E-state index in [0.717, 1.165) is 0 Å². The molecule has 17 heavy (non-hydrogen) atoms. The molecule has 4 heteroatoms. The van der Waals surface area contributed by atoms with Crippen LogP contribution in [-0.2, 0) is 14.3 Å². The molecule has 0 aromatic carbocycles. The SMILES string of the molecule is C[C@@H]1C[C@H](C)OC2=CC(Cl)=CC=C[C@@H]2C(=O)O1. The Morgan fingerprint density at radius 1 is 1.29 bits per heavy atom. The Labute approximate surface area is 106 Å². The van der Waals surface area contributed by atoms with Crippen LogP contribution in [0.15, 0.2) is 35.1 Å². The van der Waals surface area contributed by atoms with E-state index in [1.807, 2.05) is 13.8 Å². The molecule has 1 heterocycles. The first-order valence-corrected chi connectivity index (χ1v) is 6.07. The van der Waals surface area contributed by atoms with Crippen molar-refractivity contribution in [3.8, 4) is 0 Å². The van der Waals surface area contributed by atoms with E-state index in [9.17, 15) is 4.79 Å². The second kappa shape index (κ2) is 4.96. The molecule has 0 amide bonds. The van der Waals surface area contributed by atoms with Crippen LogP contribution in [0.1, 0.15) is 20.3 Å². The van der Waals surface area contributed by atoms with Crippen LogP contribution in [0.3, 0.4) is 0 Å². The van der Waals surface area contributed by atoms with Crippen LogP contribution in [0.25, 0.3) is 0 Å². The molecule has 0 spiro atoms. The van der Waals surface area contributed by atoms with Gasteiger partial charge in [-0.3, -0.25) is 4.79 Å². The summed E-state index contributed by atoms with van der Waals surface area (Å²) in [5, 5.41) is 0.548. The highest BCUT2D eigenvalue weighted by Crippen LogP contribution is 2.28. The minimum atomic E-state index is -0.493. The van der Waals surface area contributed by atoms with Gasteiger partial charge in [0, 0.05) is 11.5 Å². The summed E-state index contributed by atoms with van der Waals surface area (Å²) < 4.78 is 11.1. The number of fused-ring (bicyclic) bond motifs is 1. The summed E-state index contributed by atoms with van der Waals surface area (Å²) in [6.07, 6.45) is 7.46. The number of carbonyl (C=O) groups excluding carboxylic acids is 1. The smallest absolute Gasteiger partial charge is 0.320 e. The van der Waals surface area contributed by atoms with Crippen molar-refractivity contribution in [3.63, 3.8) is 0 Å². The Hall–Kier alpha value is -1.22. The molecule has 1 aliphatic heterocycles. The van der Waals surface area contributed by atoms with Crippen molar-refractivity contribution in [1.29, 1.82) is 0 Å². The number of hydrogen-bond donors (Lipinski definition) is 0. The van der Waals surface area contributed by atoms with Gasteiger partial charge in [-0.05, 0) is 26.0 Å². The van der Waals surface area contributed by atoms with Crippen molar-refractivity contribution in [2.24, 2.45) is 5.92 Å². The number of rotatable bonds is 0. The third-order valence-corrected chi connectivity index (χ3v) is 2.95. The maximum absolute atomic E-state index is 11.9. The van der Waals surface area contributed by atoms with Gasteiger partial charge in [-0.15, -0.1) is 0 Å². The zero-order valence-corrected chi connectivity index (χ0v) is 10.6. The van der Waals surface area contributed by atoms with Crippen molar-refractivity contribution < 1.29 is 14.3 Å². The average molecular weight is 255 g/mol. The molecule has 2 aliphatic rings. The molecule has 1 fully saturated rings. The van der Waals surface area contributed by atoms with Gasteiger partial charge in [0.15, 0.2) is 0 Å². The lowest BCUT2D eigenvalue weighted by atomic mass is 10.1. The molecule has 2 rings (SSSR count). The molecule has 1 aliphatic carbocycles. The van der Waals surface area contributed by atoms with E-state index in [2.05, 4.69) is 0 Å². The van der Waals surface area contributed by atoms with Crippen molar-refractivity contribution in [2.75, 3.05) is 0 Å². The fourth-order valence-corrected chi connectivity index (χ4v) is 2.18. The first kappa shape index (κ1) is 12.2. The number of carbonyl (C=O) groups is 1.